The van der Waals surface area contributed by atoms with Gasteiger partial charge in [-0.05, 0) is 24.3 Å². The Hall–Kier alpha value is -3.42. The lowest BCUT2D eigenvalue weighted by atomic mass is 10.2. The van der Waals surface area contributed by atoms with Crippen molar-refractivity contribution in [3.63, 3.8) is 0 Å². The molecule has 8 heteroatoms. The van der Waals surface area contributed by atoms with Crippen molar-refractivity contribution in [2.45, 2.75) is 0 Å². The van der Waals surface area contributed by atoms with E-state index in [1.54, 1.807) is 18.2 Å². The minimum absolute atomic E-state index is 0.0522. The standard InChI is InChI=1S/C14H11N3O5/c18-13-6-5-9(7-12(13)17(21)22)8-15-16-11-4-2-1-3-10(11)14(19)20/h1-8,16,18H,(H,19,20)/b15-8+. The maximum atomic E-state index is 11.0. The lowest BCUT2D eigenvalue weighted by Gasteiger charge is -2.04. The first-order chi connectivity index (χ1) is 10.5. The van der Waals surface area contributed by atoms with Crippen LogP contribution in [0.15, 0.2) is 47.6 Å². The Morgan fingerprint density at radius 1 is 1.27 bits per heavy atom. The fourth-order valence-corrected chi connectivity index (χ4v) is 1.71. The molecule has 0 heterocycles. The number of carboxylic acid groups (broad SMARTS) is 1. The average Bonchev–Trinajstić information content (AvgIpc) is 2.49. The van der Waals surface area contributed by atoms with Gasteiger partial charge in [0.05, 0.1) is 22.4 Å². The zero-order chi connectivity index (χ0) is 16.1. The number of hydrogen-bond acceptors (Lipinski definition) is 6. The van der Waals surface area contributed by atoms with E-state index >= 15 is 0 Å². The van der Waals surface area contributed by atoms with E-state index in [-0.39, 0.29) is 5.56 Å². The summed E-state index contributed by atoms with van der Waals surface area (Å²) in [6, 6.07) is 9.98. The van der Waals surface area contributed by atoms with Crippen molar-refractivity contribution in [2.75, 3.05) is 5.43 Å². The van der Waals surface area contributed by atoms with Crippen LogP contribution in [0.4, 0.5) is 11.4 Å². The van der Waals surface area contributed by atoms with Gasteiger partial charge in [0.2, 0.25) is 0 Å². The maximum Gasteiger partial charge on any atom is 0.337 e. The first-order valence-corrected chi connectivity index (χ1v) is 6.08. The number of phenolic OH excluding ortho intramolecular Hbond substituents is 1. The van der Waals surface area contributed by atoms with E-state index in [1.807, 2.05) is 0 Å². The molecule has 0 aliphatic heterocycles. The molecular weight excluding hydrogens is 290 g/mol. The van der Waals surface area contributed by atoms with Gasteiger partial charge < -0.3 is 10.2 Å². The van der Waals surface area contributed by atoms with Crippen molar-refractivity contribution < 1.29 is 19.9 Å². The number of rotatable bonds is 5. The fraction of sp³-hybridized carbons (Fsp3) is 0. The normalized spacial score (nSPS) is 10.5. The molecule has 0 saturated carbocycles. The topological polar surface area (TPSA) is 125 Å². The Bertz CT molecular complexity index is 758. The molecule has 2 rings (SSSR count). The number of aromatic carboxylic acids is 1. The number of nitrogens with zero attached hydrogens (tertiary/aromatic N) is 2. The highest BCUT2D eigenvalue weighted by Crippen LogP contribution is 2.25. The molecule has 0 bridgehead atoms. The largest absolute Gasteiger partial charge is 0.502 e. The summed E-state index contributed by atoms with van der Waals surface area (Å²) in [5, 5.41) is 32.9. The van der Waals surface area contributed by atoms with E-state index < -0.39 is 22.3 Å². The molecule has 3 N–H and O–H groups in total. The SMILES string of the molecule is O=C(O)c1ccccc1N/N=C/c1ccc(O)c([N+](=O)[O-])c1. The van der Waals surface area contributed by atoms with Crippen LogP contribution >= 0.6 is 0 Å². The Morgan fingerprint density at radius 3 is 2.68 bits per heavy atom. The Morgan fingerprint density at radius 2 is 2.00 bits per heavy atom. The number of hydrogen-bond donors (Lipinski definition) is 3. The predicted molar refractivity (Wildman–Crippen MR) is 79.4 cm³/mol. The average molecular weight is 301 g/mol. The van der Waals surface area contributed by atoms with Crippen molar-refractivity contribution in [1.29, 1.82) is 0 Å². The van der Waals surface area contributed by atoms with Gasteiger partial charge in [0.1, 0.15) is 0 Å². The van der Waals surface area contributed by atoms with Crippen LogP contribution in [0.3, 0.4) is 0 Å². The number of nitrogens with one attached hydrogen (secondary N) is 1. The highest BCUT2D eigenvalue weighted by molar-refractivity contribution is 5.94. The number of phenols is 1. The molecule has 22 heavy (non-hydrogen) atoms. The number of para-hydroxylation sites is 1. The van der Waals surface area contributed by atoms with E-state index in [1.165, 1.54) is 24.4 Å². The molecule has 0 aromatic heterocycles. The van der Waals surface area contributed by atoms with E-state index in [0.717, 1.165) is 6.07 Å². The van der Waals surface area contributed by atoms with Crippen LogP contribution in [-0.4, -0.2) is 27.3 Å². The van der Waals surface area contributed by atoms with Crippen LogP contribution < -0.4 is 5.43 Å². The van der Waals surface area contributed by atoms with Crippen LogP contribution in [0, 0.1) is 10.1 Å². The third-order valence-corrected chi connectivity index (χ3v) is 2.75. The number of aromatic hydroxyl groups is 1. The van der Waals surface area contributed by atoms with E-state index in [4.69, 9.17) is 5.11 Å². The van der Waals surface area contributed by atoms with Crippen molar-refractivity contribution in [3.05, 3.63) is 63.7 Å². The first-order valence-electron chi connectivity index (χ1n) is 6.08. The molecule has 0 spiro atoms. The molecule has 0 unspecified atom stereocenters. The van der Waals surface area contributed by atoms with Crippen molar-refractivity contribution >= 4 is 23.6 Å². The lowest BCUT2D eigenvalue weighted by molar-refractivity contribution is -0.385. The quantitative estimate of drug-likeness (QED) is 0.442. The van der Waals surface area contributed by atoms with Gasteiger partial charge in [0, 0.05) is 11.6 Å². The summed E-state index contributed by atoms with van der Waals surface area (Å²) in [5.74, 6) is -1.54. The summed E-state index contributed by atoms with van der Waals surface area (Å²) in [6.45, 7) is 0. The van der Waals surface area contributed by atoms with Crippen LogP contribution in [0.1, 0.15) is 15.9 Å². The van der Waals surface area contributed by atoms with Gasteiger partial charge in [-0.1, -0.05) is 12.1 Å². The molecule has 0 amide bonds. The Labute approximate surface area is 124 Å². The summed E-state index contributed by atoms with van der Waals surface area (Å²) >= 11 is 0. The van der Waals surface area contributed by atoms with E-state index in [0.29, 0.717) is 11.3 Å². The van der Waals surface area contributed by atoms with Crippen LogP contribution in [0.25, 0.3) is 0 Å². The third-order valence-electron chi connectivity index (χ3n) is 2.75. The van der Waals surface area contributed by atoms with E-state index in [9.17, 15) is 20.0 Å². The minimum atomic E-state index is -1.10. The zero-order valence-electron chi connectivity index (χ0n) is 11.1. The molecule has 0 radical (unpaired) electrons. The van der Waals surface area contributed by atoms with Gasteiger partial charge in [0.25, 0.3) is 0 Å². The summed E-state index contributed by atoms with van der Waals surface area (Å²) < 4.78 is 0. The number of carboxylic acids is 1. The van der Waals surface area contributed by atoms with Gasteiger partial charge >= 0.3 is 11.7 Å². The number of carbonyl (C=O) groups is 1. The van der Waals surface area contributed by atoms with Crippen LogP contribution in [0.5, 0.6) is 5.75 Å². The van der Waals surface area contributed by atoms with E-state index in [2.05, 4.69) is 10.5 Å². The summed E-state index contributed by atoms with van der Waals surface area (Å²) in [4.78, 5) is 21.0. The monoisotopic (exact) mass is 301 g/mol. The van der Waals surface area contributed by atoms with Gasteiger partial charge in [0.15, 0.2) is 5.75 Å². The first kappa shape index (κ1) is 15.0. The minimum Gasteiger partial charge on any atom is -0.502 e. The van der Waals surface area contributed by atoms with Crippen LogP contribution in [0.2, 0.25) is 0 Å². The molecule has 8 nitrogen and oxygen atoms in total. The summed E-state index contributed by atoms with van der Waals surface area (Å²) in [6.07, 6.45) is 1.28. The fourth-order valence-electron chi connectivity index (χ4n) is 1.71. The molecule has 0 fully saturated rings. The zero-order valence-corrected chi connectivity index (χ0v) is 11.1. The second kappa shape index (κ2) is 6.35. The number of hydrazone groups is 1. The second-order valence-corrected chi connectivity index (χ2v) is 4.23. The highest BCUT2D eigenvalue weighted by atomic mass is 16.6. The molecule has 2 aromatic rings. The highest BCUT2D eigenvalue weighted by Gasteiger charge is 2.12. The summed E-state index contributed by atoms with van der Waals surface area (Å²) in [7, 11) is 0. The third kappa shape index (κ3) is 3.37. The number of nitro groups is 1. The molecule has 0 saturated heterocycles. The summed E-state index contributed by atoms with van der Waals surface area (Å²) in [5.41, 5.74) is 2.85. The smallest absolute Gasteiger partial charge is 0.337 e. The van der Waals surface area contributed by atoms with Crippen molar-refractivity contribution in [3.8, 4) is 5.75 Å². The number of anilines is 1. The molecule has 0 atom stereocenters. The number of nitro benzene ring substituents is 1. The van der Waals surface area contributed by atoms with Crippen molar-refractivity contribution in [2.24, 2.45) is 5.10 Å². The van der Waals surface area contributed by atoms with Gasteiger partial charge in [-0.2, -0.15) is 5.10 Å². The van der Waals surface area contributed by atoms with Gasteiger partial charge in [-0.25, -0.2) is 4.79 Å². The molecule has 112 valence electrons. The lowest BCUT2D eigenvalue weighted by Crippen LogP contribution is -2.02. The molecular formula is C14H11N3O5. The molecule has 0 aliphatic rings. The van der Waals surface area contributed by atoms with Crippen LogP contribution in [-0.2, 0) is 0 Å². The van der Waals surface area contributed by atoms with Crippen molar-refractivity contribution in [1.82, 2.24) is 0 Å². The Kier molecular flexibility index (Phi) is 4.33. The second-order valence-electron chi connectivity index (χ2n) is 4.23. The van der Waals surface area contributed by atoms with Gasteiger partial charge in [-0.15, -0.1) is 0 Å². The molecule has 0 aliphatic carbocycles. The molecule has 2 aromatic carbocycles. The Balaban J connectivity index is 2.19. The maximum absolute atomic E-state index is 11.0. The number of benzene rings is 2. The van der Waals surface area contributed by atoms with Gasteiger partial charge in [-0.3, -0.25) is 15.5 Å². The predicted octanol–water partition coefficient (Wildman–Crippen LogP) is 2.44.